The number of pyridine rings is 1. The summed E-state index contributed by atoms with van der Waals surface area (Å²) >= 11 is 0. The van der Waals surface area contributed by atoms with Crippen LogP contribution in [0.15, 0.2) is 68.4 Å². The quantitative estimate of drug-likeness (QED) is 0.286. The SMILES string of the molecule is COc1ccc(-c2oc3c(=O)cc(C)oc3c2CC(=O)NCC2(Cc3nnc4ccccn34)CCCCC2)cc1. The van der Waals surface area contributed by atoms with Crippen molar-refractivity contribution >= 4 is 22.7 Å². The van der Waals surface area contributed by atoms with Crippen LogP contribution in [0, 0.1) is 12.3 Å². The van der Waals surface area contributed by atoms with E-state index in [0.29, 0.717) is 35.0 Å². The van der Waals surface area contributed by atoms with Crippen LogP contribution in [-0.2, 0) is 17.6 Å². The minimum absolute atomic E-state index is 0.0186. The molecule has 1 fully saturated rings. The lowest BCUT2D eigenvalue weighted by Gasteiger charge is -2.37. The van der Waals surface area contributed by atoms with Gasteiger partial charge in [-0.05, 0) is 61.6 Å². The van der Waals surface area contributed by atoms with Gasteiger partial charge >= 0.3 is 0 Å². The lowest BCUT2D eigenvalue weighted by Crippen LogP contribution is -2.41. The molecule has 0 radical (unpaired) electrons. The summed E-state index contributed by atoms with van der Waals surface area (Å²) in [6, 6.07) is 14.6. The fraction of sp³-hybridized carbons (Fsp3) is 0.355. The van der Waals surface area contributed by atoms with E-state index in [1.54, 1.807) is 14.0 Å². The zero-order valence-corrected chi connectivity index (χ0v) is 22.7. The summed E-state index contributed by atoms with van der Waals surface area (Å²) in [5.41, 5.74) is 2.15. The second kappa shape index (κ2) is 10.6. The van der Waals surface area contributed by atoms with Crippen LogP contribution in [0.4, 0.5) is 0 Å². The molecule has 1 aliphatic rings. The number of aryl methyl sites for hydroxylation is 1. The maximum Gasteiger partial charge on any atom is 0.228 e. The van der Waals surface area contributed by atoms with Gasteiger partial charge in [-0.3, -0.25) is 14.0 Å². The van der Waals surface area contributed by atoms with E-state index in [1.807, 2.05) is 53.1 Å². The molecule has 0 unspecified atom stereocenters. The fourth-order valence-electron chi connectivity index (χ4n) is 5.87. The molecule has 0 bridgehead atoms. The number of fused-ring (bicyclic) bond motifs is 2. The van der Waals surface area contributed by atoms with Crippen LogP contribution in [-0.4, -0.2) is 34.2 Å². The van der Waals surface area contributed by atoms with Gasteiger partial charge in [0.15, 0.2) is 11.2 Å². The van der Waals surface area contributed by atoms with Gasteiger partial charge in [-0.1, -0.05) is 25.3 Å². The first-order chi connectivity index (χ1) is 19.4. The van der Waals surface area contributed by atoms with E-state index < -0.39 is 0 Å². The molecule has 1 aliphatic carbocycles. The Hall–Kier alpha value is -4.40. The molecule has 9 heteroatoms. The van der Waals surface area contributed by atoms with Crippen LogP contribution in [0.5, 0.6) is 5.75 Å². The predicted molar refractivity (Wildman–Crippen MR) is 150 cm³/mol. The number of rotatable bonds is 8. The van der Waals surface area contributed by atoms with Gasteiger partial charge in [0.25, 0.3) is 0 Å². The molecular weight excluding hydrogens is 508 g/mol. The standard InChI is InChI=1S/C31H32N4O5/c1-20-16-24(36)30-29(39-20)23(28(40-30)21-9-11-22(38-2)12-10-21)17-27(37)32-19-31(13-5-3-6-14-31)18-26-34-33-25-8-4-7-15-35(25)26/h4,7-12,15-16H,3,5-6,13-14,17-19H2,1-2H3,(H,32,37). The van der Waals surface area contributed by atoms with Crippen LogP contribution in [0.3, 0.4) is 0 Å². The van der Waals surface area contributed by atoms with Crippen LogP contribution in [0.25, 0.3) is 28.1 Å². The smallest absolute Gasteiger partial charge is 0.228 e. The monoisotopic (exact) mass is 540 g/mol. The van der Waals surface area contributed by atoms with E-state index >= 15 is 0 Å². The number of carbonyl (C=O) groups excluding carboxylic acids is 1. The van der Waals surface area contributed by atoms with Gasteiger partial charge in [0.2, 0.25) is 16.9 Å². The summed E-state index contributed by atoms with van der Waals surface area (Å²) in [4.78, 5) is 26.2. The lowest BCUT2D eigenvalue weighted by atomic mass is 9.71. The normalized spacial score (nSPS) is 14.9. The zero-order valence-electron chi connectivity index (χ0n) is 22.7. The van der Waals surface area contributed by atoms with Crippen molar-refractivity contribution in [1.29, 1.82) is 0 Å². The van der Waals surface area contributed by atoms with Crippen molar-refractivity contribution in [2.45, 2.75) is 51.9 Å². The van der Waals surface area contributed by atoms with E-state index in [0.717, 1.165) is 49.1 Å². The van der Waals surface area contributed by atoms with Crippen molar-refractivity contribution in [1.82, 2.24) is 19.9 Å². The Bertz CT molecular complexity index is 1720. The minimum Gasteiger partial charge on any atom is -0.497 e. The lowest BCUT2D eigenvalue weighted by molar-refractivity contribution is -0.121. The number of furan rings is 1. The number of ether oxygens (including phenoxy) is 1. The molecule has 4 aromatic heterocycles. The molecule has 4 heterocycles. The molecular formula is C31H32N4O5. The molecule has 5 aromatic rings. The summed E-state index contributed by atoms with van der Waals surface area (Å²) in [5, 5.41) is 12.0. The topological polar surface area (TPSA) is 112 Å². The number of nitrogens with zero attached hydrogens (tertiary/aromatic N) is 3. The molecule has 0 aliphatic heterocycles. The molecule has 0 atom stereocenters. The van der Waals surface area contributed by atoms with E-state index in [1.165, 1.54) is 12.5 Å². The first-order valence-electron chi connectivity index (χ1n) is 13.7. The van der Waals surface area contributed by atoms with Gasteiger partial charge < -0.3 is 18.9 Å². The average Bonchev–Trinajstić information content (AvgIpc) is 3.54. The van der Waals surface area contributed by atoms with E-state index in [2.05, 4.69) is 15.5 Å². The van der Waals surface area contributed by atoms with Gasteiger partial charge in [-0.2, -0.15) is 0 Å². The highest BCUT2D eigenvalue weighted by Gasteiger charge is 2.34. The third kappa shape index (κ3) is 4.99. The highest BCUT2D eigenvalue weighted by molar-refractivity contribution is 5.90. The van der Waals surface area contributed by atoms with Crippen LogP contribution in [0.2, 0.25) is 0 Å². The van der Waals surface area contributed by atoms with Gasteiger partial charge in [0.05, 0.1) is 19.1 Å². The van der Waals surface area contributed by atoms with Gasteiger partial charge in [0, 0.05) is 30.8 Å². The number of nitrogens with one attached hydrogen (secondary N) is 1. The molecule has 0 spiro atoms. The van der Waals surface area contributed by atoms with Crippen LogP contribution >= 0.6 is 0 Å². The molecule has 6 rings (SSSR count). The number of hydrogen-bond donors (Lipinski definition) is 1. The van der Waals surface area contributed by atoms with E-state index in [4.69, 9.17) is 13.6 Å². The van der Waals surface area contributed by atoms with Gasteiger partial charge in [-0.15, -0.1) is 10.2 Å². The highest BCUT2D eigenvalue weighted by Crippen LogP contribution is 2.39. The van der Waals surface area contributed by atoms with Crippen molar-refractivity contribution in [2.24, 2.45) is 5.41 Å². The summed E-state index contributed by atoms with van der Waals surface area (Å²) < 4.78 is 19.3. The molecule has 9 nitrogen and oxygen atoms in total. The summed E-state index contributed by atoms with van der Waals surface area (Å²) in [5.74, 6) is 2.36. The second-order valence-corrected chi connectivity index (χ2v) is 10.8. The number of aromatic nitrogens is 3. The Morgan fingerprint density at radius 2 is 1.85 bits per heavy atom. The number of hydrogen-bond acceptors (Lipinski definition) is 7. The molecule has 1 saturated carbocycles. The van der Waals surface area contributed by atoms with Crippen molar-refractivity contribution in [3.63, 3.8) is 0 Å². The van der Waals surface area contributed by atoms with Gasteiger partial charge in [0.1, 0.15) is 23.1 Å². The van der Waals surface area contributed by atoms with Crippen molar-refractivity contribution in [3.8, 4) is 17.1 Å². The Labute approximate surface area is 231 Å². The summed E-state index contributed by atoms with van der Waals surface area (Å²) in [6.45, 7) is 2.25. The minimum atomic E-state index is -0.276. The third-order valence-corrected chi connectivity index (χ3v) is 7.96. The molecule has 206 valence electrons. The Balaban J connectivity index is 1.27. The highest BCUT2D eigenvalue weighted by atomic mass is 16.5. The third-order valence-electron chi connectivity index (χ3n) is 7.96. The number of benzene rings is 1. The first kappa shape index (κ1) is 25.9. The second-order valence-electron chi connectivity index (χ2n) is 10.8. The average molecular weight is 541 g/mol. The maximum atomic E-state index is 13.5. The summed E-state index contributed by atoms with van der Waals surface area (Å²) in [7, 11) is 1.60. The van der Waals surface area contributed by atoms with Crippen LogP contribution in [0.1, 0.15) is 49.3 Å². The maximum absolute atomic E-state index is 13.5. The van der Waals surface area contributed by atoms with Gasteiger partial charge in [-0.25, -0.2) is 0 Å². The van der Waals surface area contributed by atoms with E-state index in [9.17, 15) is 9.59 Å². The van der Waals surface area contributed by atoms with Crippen molar-refractivity contribution in [2.75, 3.05) is 13.7 Å². The fourth-order valence-corrected chi connectivity index (χ4v) is 5.87. The number of methoxy groups -OCH3 is 1. The van der Waals surface area contributed by atoms with Crippen molar-refractivity contribution in [3.05, 3.63) is 82.1 Å². The first-order valence-corrected chi connectivity index (χ1v) is 13.7. The Kier molecular flexibility index (Phi) is 6.88. The summed E-state index contributed by atoms with van der Waals surface area (Å²) in [6.07, 6.45) is 8.18. The predicted octanol–water partition coefficient (Wildman–Crippen LogP) is 5.26. The zero-order chi connectivity index (χ0) is 27.7. The Morgan fingerprint density at radius 1 is 1.05 bits per heavy atom. The Morgan fingerprint density at radius 3 is 2.62 bits per heavy atom. The largest absolute Gasteiger partial charge is 0.497 e. The molecule has 1 aromatic carbocycles. The number of carbonyl (C=O) groups is 1. The van der Waals surface area contributed by atoms with Crippen molar-refractivity contribution < 1.29 is 18.4 Å². The molecule has 1 amide bonds. The molecule has 1 N–H and O–H groups in total. The van der Waals surface area contributed by atoms with E-state index in [-0.39, 0.29) is 28.8 Å². The molecule has 0 saturated heterocycles. The number of amides is 1. The molecule has 40 heavy (non-hydrogen) atoms. The van der Waals surface area contributed by atoms with Crippen LogP contribution < -0.4 is 15.5 Å².